The van der Waals surface area contributed by atoms with Crippen molar-refractivity contribution in [1.29, 1.82) is 0 Å². The summed E-state index contributed by atoms with van der Waals surface area (Å²) in [6.07, 6.45) is 1.91. The summed E-state index contributed by atoms with van der Waals surface area (Å²) in [6.45, 7) is 9.86. The lowest BCUT2D eigenvalue weighted by atomic mass is 10.1. The molecule has 1 N–H and O–H groups in total. The van der Waals surface area contributed by atoms with Crippen LogP contribution in [0.2, 0.25) is 0 Å². The molecule has 0 aliphatic carbocycles. The van der Waals surface area contributed by atoms with E-state index in [0.29, 0.717) is 13.1 Å². The number of anilines is 1. The third-order valence-corrected chi connectivity index (χ3v) is 2.90. The second-order valence-electron chi connectivity index (χ2n) is 4.86. The van der Waals surface area contributed by atoms with Crippen LogP contribution in [-0.2, 0) is 9.59 Å². The number of nitrogens with zero attached hydrogens (tertiary/aromatic N) is 1. The van der Waals surface area contributed by atoms with Crippen molar-refractivity contribution >= 4 is 17.5 Å². The number of aryl methyl sites for hydroxylation is 2. The summed E-state index contributed by atoms with van der Waals surface area (Å²) in [6, 6.07) is 5.96. The number of hydrogen-bond donors (Lipinski definition) is 1. The molecule has 0 aliphatic rings. The quantitative estimate of drug-likeness (QED) is 0.810. The highest BCUT2D eigenvalue weighted by molar-refractivity contribution is 5.92. The standard InChI is InChI=1S/C16H22N2O2/c1-5-7-17-16(20)6-8-18(14(4)19)15-10-12(2)9-13(3)11-15/h5,9-11H,1,6-8H2,2-4H3,(H,17,20). The van der Waals surface area contributed by atoms with Gasteiger partial charge in [-0.05, 0) is 37.1 Å². The fourth-order valence-corrected chi connectivity index (χ4v) is 2.06. The Kier molecular flexibility index (Phi) is 5.97. The molecule has 0 bridgehead atoms. The van der Waals surface area contributed by atoms with Crippen molar-refractivity contribution in [2.75, 3.05) is 18.0 Å². The van der Waals surface area contributed by atoms with E-state index in [0.717, 1.165) is 16.8 Å². The van der Waals surface area contributed by atoms with Crippen LogP contribution in [0.3, 0.4) is 0 Å². The second-order valence-corrected chi connectivity index (χ2v) is 4.86. The molecule has 0 fully saturated rings. The lowest BCUT2D eigenvalue weighted by molar-refractivity contribution is -0.120. The van der Waals surface area contributed by atoms with E-state index in [-0.39, 0.29) is 18.2 Å². The summed E-state index contributed by atoms with van der Waals surface area (Å²) in [5.74, 6) is -0.146. The van der Waals surface area contributed by atoms with Gasteiger partial charge in [0.15, 0.2) is 0 Å². The minimum absolute atomic E-state index is 0.0634. The Bertz CT molecular complexity index is 489. The Balaban J connectivity index is 2.76. The lowest BCUT2D eigenvalue weighted by Crippen LogP contribution is -2.34. The maximum atomic E-state index is 11.8. The molecule has 2 amide bonds. The predicted molar refractivity (Wildman–Crippen MR) is 81.8 cm³/mol. The minimum atomic E-state index is -0.0828. The van der Waals surface area contributed by atoms with Crippen molar-refractivity contribution < 1.29 is 9.59 Å². The van der Waals surface area contributed by atoms with Gasteiger partial charge in [-0.1, -0.05) is 12.1 Å². The first-order valence-electron chi connectivity index (χ1n) is 6.68. The molecule has 0 atom stereocenters. The second kappa shape index (κ2) is 7.48. The monoisotopic (exact) mass is 274 g/mol. The molecule has 1 aromatic carbocycles. The number of carbonyl (C=O) groups excluding carboxylic acids is 2. The van der Waals surface area contributed by atoms with Gasteiger partial charge in [-0.3, -0.25) is 9.59 Å². The Hall–Kier alpha value is -2.10. The minimum Gasteiger partial charge on any atom is -0.353 e. The van der Waals surface area contributed by atoms with E-state index in [2.05, 4.69) is 18.0 Å². The zero-order valence-corrected chi connectivity index (χ0v) is 12.4. The zero-order valence-electron chi connectivity index (χ0n) is 12.4. The molecule has 4 heteroatoms. The van der Waals surface area contributed by atoms with Gasteiger partial charge in [0.25, 0.3) is 0 Å². The molecule has 4 nitrogen and oxygen atoms in total. The number of benzene rings is 1. The summed E-state index contributed by atoms with van der Waals surface area (Å²) in [4.78, 5) is 25.0. The summed E-state index contributed by atoms with van der Waals surface area (Å²) in [7, 11) is 0. The molecule has 1 aromatic rings. The van der Waals surface area contributed by atoms with Crippen LogP contribution in [0, 0.1) is 13.8 Å². The Labute approximate surface area is 120 Å². The van der Waals surface area contributed by atoms with Crippen LogP contribution >= 0.6 is 0 Å². The van der Waals surface area contributed by atoms with Gasteiger partial charge in [-0.15, -0.1) is 6.58 Å². The van der Waals surface area contributed by atoms with Crippen LogP contribution in [0.1, 0.15) is 24.5 Å². The summed E-state index contributed by atoms with van der Waals surface area (Å²) in [5.41, 5.74) is 3.04. The van der Waals surface area contributed by atoms with E-state index >= 15 is 0 Å². The van der Waals surface area contributed by atoms with Gasteiger partial charge in [0.2, 0.25) is 11.8 Å². The Morgan fingerprint density at radius 2 is 1.85 bits per heavy atom. The average molecular weight is 274 g/mol. The molecule has 0 aromatic heterocycles. The number of rotatable bonds is 6. The van der Waals surface area contributed by atoms with Crippen LogP contribution in [0.5, 0.6) is 0 Å². The average Bonchev–Trinajstić information content (AvgIpc) is 2.35. The third kappa shape index (κ3) is 4.88. The molecular formula is C16H22N2O2. The molecular weight excluding hydrogens is 252 g/mol. The third-order valence-electron chi connectivity index (χ3n) is 2.90. The predicted octanol–water partition coefficient (Wildman–Crippen LogP) is 2.35. The molecule has 108 valence electrons. The molecule has 1 rings (SSSR count). The van der Waals surface area contributed by atoms with E-state index in [1.807, 2.05) is 26.0 Å². The van der Waals surface area contributed by atoms with E-state index in [4.69, 9.17) is 0 Å². The summed E-state index contributed by atoms with van der Waals surface area (Å²) in [5, 5.41) is 2.71. The van der Waals surface area contributed by atoms with Crippen LogP contribution in [-0.4, -0.2) is 24.9 Å². The zero-order chi connectivity index (χ0) is 15.1. The molecule has 0 aliphatic heterocycles. The van der Waals surface area contributed by atoms with Gasteiger partial charge in [0.05, 0.1) is 0 Å². The number of carbonyl (C=O) groups is 2. The Morgan fingerprint density at radius 3 is 2.35 bits per heavy atom. The SMILES string of the molecule is C=CCNC(=O)CCN(C(C)=O)c1cc(C)cc(C)c1. The molecule has 20 heavy (non-hydrogen) atoms. The molecule has 0 saturated heterocycles. The van der Waals surface area contributed by atoms with Crippen molar-refractivity contribution in [2.45, 2.75) is 27.2 Å². The maximum Gasteiger partial charge on any atom is 0.223 e. The highest BCUT2D eigenvalue weighted by atomic mass is 16.2. The molecule has 0 saturated carbocycles. The Morgan fingerprint density at radius 1 is 1.25 bits per heavy atom. The topological polar surface area (TPSA) is 49.4 Å². The van der Waals surface area contributed by atoms with Gasteiger partial charge < -0.3 is 10.2 Å². The maximum absolute atomic E-state index is 11.8. The fraction of sp³-hybridized carbons (Fsp3) is 0.375. The summed E-state index contributed by atoms with van der Waals surface area (Å²) >= 11 is 0. The van der Waals surface area contributed by atoms with Crippen molar-refractivity contribution in [3.63, 3.8) is 0 Å². The molecule has 0 radical (unpaired) electrons. The van der Waals surface area contributed by atoms with Crippen LogP contribution < -0.4 is 10.2 Å². The molecule has 0 unspecified atom stereocenters. The normalized spacial score (nSPS) is 9.95. The first-order chi connectivity index (χ1) is 9.43. The summed E-state index contributed by atoms with van der Waals surface area (Å²) < 4.78 is 0. The lowest BCUT2D eigenvalue weighted by Gasteiger charge is -2.22. The van der Waals surface area contributed by atoms with E-state index in [1.165, 1.54) is 6.92 Å². The highest BCUT2D eigenvalue weighted by Crippen LogP contribution is 2.19. The fourth-order valence-electron chi connectivity index (χ4n) is 2.06. The molecule has 0 spiro atoms. The van der Waals surface area contributed by atoms with E-state index < -0.39 is 0 Å². The van der Waals surface area contributed by atoms with E-state index in [9.17, 15) is 9.59 Å². The van der Waals surface area contributed by atoms with Gasteiger partial charge in [-0.25, -0.2) is 0 Å². The van der Waals surface area contributed by atoms with Crippen molar-refractivity contribution in [3.8, 4) is 0 Å². The number of amides is 2. The van der Waals surface area contributed by atoms with Crippen LogP contribution in [0.15, 0.2) is 30.9 Å². The van der Waals surface area contributed by atoms with Crippen LogP contribution in [0.4, 0.5) is 5.69 Å². The van der Waals surface area contributed by atoms with Gasteiger partial charge in [0.1, 0.15) is 0 Å². The van der Waals surface area contributed by atoms with Crippen LogP contribution in [0.25, 0.3) is 0 Å². The highest BCUT2D eigenvalue weighted by Gasteiger charge is 2.13. The van der Waals surface area contributed by atoms with Gasteiger partial charge in [-0.2, -0.15) is 0 Å². The smallest absolute Gasteiger partial charge is 0.223 e. The molecule has 0 heterocycles. The van der Waals surface area contributed by atoms with E-state index in [1.54, 1.807) is 11.0 Å². The van der Waals surface area contributed by atoms with Crippen molar-refractivity contribution in [1.82, 2.24) is 5.32 Å². The van der Waals surface area contributed by atoms with Gasteiger partial charge >= 0.3 is 0 Å². The first kappa shape index (κ1) is 16.0. The first-order valence-corrected chi connectivity index (χ1v) is 6.68. The van der Waals surface area contributed by atoms with Crippen molar-refractivity contribution in [3.05, 3.63) is 42.0 Å². The number of nitrogens with one attached hydrogen (secondary N) is 1. The number of hydrogen-bond acceptors (Lipinski definition) is 2. The van der Waals surface area contributed by atoms with Crippen molar-refractivity contribution in [2.24, 2.45) is 0 Å². The largest absolute Gasteiger partial charge is 0.353 e. The van der Waals surface area contributed by atoms with Gasteiger partial charge in [0, 0.05) is 32.1 Å².